The van der Waals surface area contributed by atoms with Crippen LogP contribution in [-0.4, -0.2) is 21.0 Å². The Morgan fingerprint density at radius 1 is 1.43 bits per heavy atom. The Hall–Kier alpha value is -2.87. The summed E-state index contributed by atoms with van der Waals surface area (Å²) in [7, 11) is 0. The van der Waals surface area contributed by atoms with Crippen LogP contribution in [0.5, 0.6) is 11.5 Å². The number of nitro groups is 1. The molecule has 21 heavy (non-hydrogen) atoms. The van der Waals surface area contributed by atoms with E-state index in [1.807, 2.05) is 0 Å². The fourth-order valence-electron chi connectivity index (χ4n) is 1.56. The zero-order valence-electron chi connectivity index (χ0n) is 10.4. The van der Waals surface area contributed by atoms with Crippen LogP contribution in [0.15, 0.2) is 41.8 Å². The molecule has 1 aromatic heterocycles. The summed E-state index contributed by atoms with van der Waals surface area (Å²) in [5.41, 5.74) is 5.45. The molecule has 0 amide bonds. The fraction of sp³-hybridized carbons (Fsp3) is 0. The molecule has 0 bridgehead atoms. The maximum atomic E-state index is 11.0. The van der Waals surface area contributed by atoms with Crippen LogP contribution in [0.3, 0.4) is 0 Å². The highest BCUT2D eigenvalue weighted by Crippen LogP contribution is 2.34. The molecule has 9 heteroatoms. The van der Waals surface area contributed by atoms with Crippen LogP contribution in [0, 0.1) is 10.1 Å². The van der Waals surface area contributed by atoms with Crippen LogP contribution < -0.4 is 10.5 Å². The first kappa shape index (κ1) is 14.5. The number of halogens is 1. The lowest BCUT2D eigenvalue weighted by Gasteiger charge is -2.09. The lowest BCUT2D eigenvalue weighted by Crippen LogP contribution is -2.14. The molecule has 108 valence electrons. The van der Waals surface area contributed by atoms with Crippen molar-refractivity contribution in [3.8, 4) is 11.5 Å². The molecule has 0 saturated carbocycles. The molecule has 0 aliphatic heterocycles. The van der Waals surface area contributed by atoms with E-state index < -0.39 is 4.92 Å². The number of aromatic nitrogens is 1. The quantitative estimate of drug-likeness (QED) is 0.294. The lowest BCUT2D eigenvalue weighted by molar-refractivity contribution is -0.385. The molecule has 1 heterocycles. The molecule has 0 aliphatic carbocycles. The van der Waals surface area contributed by atoms with Crippen molar-refractivity contribution in [2.75, 3.05) is 0 Å². The van der Waals surface area contributed by atoms with Crippen molar-refractivity contribution in [1.29, 1.82) is 0 Å². The predicted molar refractivity (Wildman–Crippen MR) is 74.9 cm³/mol. The number of benzene rings is 1. The van der Waals surface area contributed by atoms with Gasteiger partial charge < -0.3 is 15.7 Å². The van der Waals surface area contributed by atoms with Crippen molar-refractivity contribution in [3.63, 3.8) is 0 Å². The molecule has 0 saturated heterocycles. The van der Waals surface area contributed by atoms with Crippen LogP contribution in [0.25, 0.3) is 0 Å². The molecule has 0 spiro atoms. The van der Waals surface area contributed by atoms with Gasteiger partial charge in [0, 0.05) is 17.3 Å². The van der Waals surface area contributed by atoms with E-state index in [4.69, 9.17) is 27.3 Å². The van der Waals surface area contributed by atoms with Gasteiger partial charge in [0.05, 0.1) is 16.7 Å². The average Bonchev–Trinajstić information content (AvgIpc) is 2.48. The number of rotatable bonds is 4. The van der Waals surface area contributed by atoms with Gasteiger partial charge in [-0.3, -0.25) is 15.1 Å². The van der Waals surface area contributed by atoms with Crippen molar-refractivity contribution in [2.45, 2.75) is 0 Å². The van der Waals surface area contributed by atoms with Gasteiger partial charge in [-0.15, -0.1) is 0 Å². The number of hydrogen-bond acceptors (Lipinski definition) is 6. The highest BCUT2D eigenvalue weighted by Gasteiger charge is 2.18. The minimum atomic E-state index is -0.624. The van der Waals surface area contributed by atoms with Crippen molar-refractivity contribution < 1.29 is 14.9 Å². The number of pyridine rings is 1. The number of amidine groups is 1. The molecule has 0 aliphatic rings. The summed E-state index contributed by atoms with van der Waals surface area (Å²) < 4.78 is 5.45. The summed E-state index contributed by atoms with van der Waals surface area (Å²) in [4.78, 5) is 14.2. The third-order valence-corrected chi connectivity index (χ3v) is 2.74. The van der Waals surface area contributed by atoms with E-state index >= 15 is 0 Å². The molecule has 8 nitrogen and oxygen atoms in total. The second-order valence-corrected chi connectivity index (χ2v) is 4.26. The van der Waals surface area contributed by atoms with Crippen LogP contribution >= 0.6 is 11.6 Å². The van der Waals surface area contributed by atoms with E-state index in [0.717, 1.165) is 6.07 Å². The first-order valence-electron chi connectivity index (χ1n) is 5.56. The van der Waals surface area contributed by atoms with Gasteiger partial charge in [-0.25, -0.2) is 0 Å². The van der Waals surface area contributed by atoms with E-state index in [-0.39, 0.29) is 33.6 Å². The number of nitrogens with two attached hydrogens (primary N) is 1. The van der Waals surface area contributed by atoms with Crippen molar-refractivity contribution in [3.05, 3.63) is 57.4 Å². The van der Waals surface area contributed by atoms with Gasteiger partial charge in [-0.1, -0.05) is 16.8 Å². The maximum Gasteiger partial charge on any atom is 0.313 e. The number of nitrogens with zero attached hydrogens (tertiary/aromatic N) is 3. The summed E-state index contributed by atoms with van der Waals surface area (Å²) in [5.74, 6) is -0.133. The predicted octanol–water partition coefficient (Wildman–Crippen LogP) is 2.53. The van der Waals surface area contributed by atoms with Gasteiger partial charge in [-0.2, -0.15) is 0 Å². The minimum absolute atomic E-state index is 0.0376. The number of oxime groups is 1. The Balaban J connectivity index is 2.46. The zero-order valence-corrected chi connectivity index (χ0v) is 11.2. The molecule has 3 N–H and O–H groups in total. The fourth-order valence-corrected chi connectivity index (χ4v) is 1.73. The van der Waals surface area contributed by atoms with E-state index in [9.17, 15) is 10.1 Å². The monoisotopic (exact) mass is 308 g/mol. The Labute approximate surface area is 123 Å². The van der Waals surface area contributed by atoms with Crippen LogP contribution in [0.4, 0.5) is 5.69 Å². The summed E-state index contributed by atoms with van der Waals surface area (Å²) >= 11 is 5.72. The summed E-state index contributed by atoms with van der Waals surface area (Å²) in [6, 6.07) is 5.41. The summed E-state index contributed by atoms with van der Waals surface area (Å²) in [5, 5.41) is 22.8. The third kappa shape index (κ3) is 3.18. The highest BCUT2D eigenvalue weighted by molar-refractivity contribution is 6.30. The molecule has 2 aromatic rings. The van der Waals surface area contributed by atoms with Crippen LogP contribution in [-0.2, 0) is 0 Å². The van der Waals surface area contributed by atoms with E-state index in [2.05, 4.69) is 10.1 Å². The highest BCUT2D eigenvalue weighted by atomic mass is 35.5. The first-order valence-corrected chi connectivity index (χ1v) is 5.94. The Morgan fingerprint density at radius 2 is 2.19 bits per heavy atom. The normalized spacial score (nSPS) is 11.2. The average molecular weight is 309 g/mol. The topological polar surface area (TPSA) is 124 Å². The third-order valence-electron chi connectivity index (χ3n) is 2.51. The van der Waals surface area contributed by atoms with Gasteiger partial charge in [0.1, 0.15) is 0 Å². The van der Waals surface area contributed by atoms with Crippen LogP contribution in [0.1, 0.15) is 5.56 Å². The molecular formula is C12H9ClN4O4. The lowest BCUT2D eigenvalue weighted by atomic mass is 10.2. The molecule has 0 atom stereocenters. The van der Waals surface area contributed by atoms with Gasteiger partial charge in [0.25, 0.3) is 0 Å². The molecule has 0 unspecified atom stereocenters. The molecular weight excluding hydrogens is 300 g/mol. The second kappa shape index (κ2) is 6.06. The molecule has 0 radical (unpaired) electrons. The smallest absolute Gasteiger partial charge is 0.313 e. The van der Waals surface area contributed by atoms with Crippen molar-refractivity contribution >= 4 is 23.1 Å². The zero-order chi connectivity index (χ0) is 15.4. The molecule has 2 rings (SSSR count). The van der Waals surface area contributed by atoms with Crippen molar-refractivity contribution in [1.82, 2.24) is 4.98 Å². The molecule has 0 fully saturated rings. The van der Waals surface area contributed by atoms with Crippen molar-refractivity contribution in [2.24, 2.45) is 10.9 Å². The van der Waals surface area contributed by atoms with Gasteiger partial charge >= 0.3 is 5.69 Å². The second-order valence-electron chi connectivity index (χ2n) is 3.83. The van der Waals surface area contributed by atoms with E-state index in [0.29, 0.717) is 0 Å². The largest absolute Gasteiger partial charge is 0.448 e. The van der Waals surface area contributed by atoms with Crippen LogP contribution in [0.2, 0.25) is 5.02 Å². The first-order chi connectivity index (χ1) is 10.0. The van der Waals surface area contributed by atoms with E-state index in [1.54, 1.807) is 0 Å². The Kier molecular flexibility index (Phi) is 4.19. The standard InChI is InChI=1S/C12H9ClN4O4/c13-7-1-2-10(9(5-7)17(19)20)21-11-6-15-4-3-8(11)12(14)16-18/h1-6,18H,(H2,14,16). The minimum Gasteiger partial charge on any atom is -0.448 e. The summed E-state index contributed by atoms with van der Waals surface area (Å²) in [6.07, 6.45) is 2.71. The SMILES string of the molecule is N/C(=N/O)c1ccncc1Oc1ccc(Cl)cc1[N+](=O)[O-]. The summed E-state index contributed by atoms with van der Waals surface area (Å²) in [6.45, 7) is 0. The Bertz CT molecular complexity index is 720. The van der Waals surface area contributed by atoms with Gasteiger partial charge in [-0.05, 0) is 18.2 Å². The maximum absolute atomic E-state index is 11.0. The number of hydrogen-bond donors (Lipinski definition) is 2. The number of nitro benzene ring substituents is 1. The van der Waals surface area contributed by atoms with E-state index in [1.165, 1.54) is 30.6 Å². The van der Waals surface area contributed by atoms with Gasteiger partial charge in [0.2, 0.25) is 5.75 Å². The molecule has 1 aromatic carbocycles. The Morgan fingerprint density at radius 3 is 2.86 bits per heavy atom. The van der Waals surface area contributed by atoms with Gasteiger partial charge in [0.15, 0.2) is 11.6 Å². The number of ether oxygens (including phenoxy) is 1.